The lowest BCUT2D eigenvalue weighted by atomic mass is 10.1. The fourth-order valence-electron chi connectivity index (χ4n) is 2.32. The van der Waals surface area contributed by atoms with Crippen LogP contribution in [0.15, 0.2) is 30.3 Å². The van der Waals surface area contributed by atoms with E-state index < -0.39 is 60.5 Å². The zero-order chi connectivity index (χ0) is 25.6. The first kappa shape index (κ1) is 29.5. The summed E-state index contributed by atoms with van der Waals surface area (Å²) in [6.45, 7) is 1.21. The number of carboxylic acid groups (broad SMARTS) is 2. The van der Waals surface area contributed by atoms with E-state index in [4.69, 9.17) is 31.9 Å². The highest BCUT2D eigenvalue weighted by atomic mass is 16.4. The maximum Gasteiger partial charge on any atom is 0.329 e. The quantitative estimate of drug-likeness (QED) is 0.157. The molecular formula is C20H30N4O9. The Morgan fingerprint density at radius 2 is 1.58 bits per heavy atom. The van der Waals surface area contributed by atoms with Crippen LogP contribution in [-0.4, -0.2) is 80.9 Å². The lowest BCUT2D eigenvalue weighted by molar-refractivity contribution is -0.148. The second-order valence-electron chi connectivity index (χ2n) is 6.86. The van der Waals surface area contributed by atoms with Gasteiger partial charge in [-0.15, -0.1) is 0 Å². The number of carbonyl (C=O) groups excluding carboxylic acids is 3. The molecule has 3 amide bonds. The number of aliphatic hydroxyl groups excluding tert-OH is 2. The van der Waals surface area contributed by atoms with Gasteiger partial charge in [0.15, 0.2) is 12.1 Å². The third-order valence-corrected chi connectivity index (χ3v) is 4.10. The van der Waals surface area contributed by atoms with Gasteiger partial charge >= 0.3 is 11.9 Å². The van der Waals surface area contributed by atoms with E-state index in [0.29, 0.717) is 6.42 Å². The highest BCUT2D eigenvalue weighted by molar-refractivity contribution is 5.91. The number of hydrogen-bond acceptors (Lipinski definition) is 8. The topological polar surface area (TPSA) is 242 Å². The molecule has 13 heteroatoms. The molecule has 13 nitrogen and oxygen atoms in total. The van der Waals surface area contributed by atoms with Crippen LogP contribution in [0.1, 0.15) is 25.3 Å². The number of hydrogen-bond donors (Lipinski definition) is 8. The summed E-state index contributed by atoms with van der Waals surface area (Å²) in [6, 6.07) is 5.08. The fourth-order valence-corrected chi connectivity index (χ4v) is 2.32. The van der Waals surface area contributed by atoms with Crippen LogP contribution in [0.5, 0.6) is 0 Å². The molecule has 4 atom stereocenters. The van der Waals surface area contributed by atoms with Gasteiger partial charge in [0.2, 0.25) is 17.7 Å². The number of aliphatic hydroxyl groups is 2. The summed E-state index contributed by atoms with van der Waals surface area (Å²) >= 11 is 0. The largest absolute Gasteiger partial charge is 0.480 e. The first-order valence-corrected chi connectivity index (χ1v) is 9.87. The molecule has 0 heterocycles. The fraction of sp³-hybridized carbons (Fsp3) is 0.450. The molecule has 184 valence electrons. The minimum Gasteiger partial charge on any atom is -0.480 e. The average molecular weight is 470 g/mol. The number of benzene rings is 1. The van der Waals surface area contributed by atoms with Crippen molar-refractivity contribution in [2.75, 3.05) is 6.61 Å². The van der Waals surface area contributed by atoms with Gasteiger partial charge in [-0.2, -0.15) is 0 Å². The maximum absolute atomic E-state index is 11.4. The summed E-state index contributed by atoms with van der Waals surface area (Å²) in [6.07, 6.45) is -1.11. The van der Waals surface area contributed by atoms with Crippen molar-refractivity contribution in [3.63, 3.8) is 0 Å². The number of nitrogens with two attached hydrogens (primary N) is 2. The summed E-state index contributed by atoms with van der Waals surface area (Å²) < 4.78 is 0. The summed E-state index contributed by atoms with van der Waals surface area (Å²) in [4.78, 5) is 54.6. The molecule has 0 radical (unpaired) electrons. The molecule has 0 aliphatic heterocycles. The zero-order valence-electron chi connectivity index (χ0n) is 18.0. The lowest BCUT2D eigenvalue weighted by Crippen LogP contribution is -2.53. The molecule has 0 saturated carbocycles. The van der Waals surface area contributed by atoms with Crippen LogP contribution >= 0.6 is 0 Å². The minimum atomic E-state index is -1.93. The maximum atomic E-state index is 11.4. The van der Waals surface area contributed by atoms with Crippen molar-refractivity contribution < 1.29 is 44.4 Å². The van der Waals surface area contributed by atoms with Gasteiger partial charge in [0.1, 0.15) is 12.1 Å². The molecule has 0 fully saturated rings. The number of amides is 3. The first-order valence-electron chi connectivity index (χ1n) is 9.87. The number of carboxylic acids is 2. The molecule has 0 aliphatic rings. The Kier molecular flexibility index (Phi) is 13.6. The average Bonchev–Trinajstić information content (AvgIpc) is 2.76. The Labute approximate surface area is 189 Å². The third kappa shape index (κ3) is 11.6. The van der Waals surface area contributed by atoms with Crippen molar-refractivity contribution in [2.24, 2.45) is 11.5 Å². The van der Waals surface area contributed by atoms with Crippen LogP contribution in [0.3, 0.4) is 0 Å². The summed E-state index contributed by atoms with van der Waals surface area (Å²) in [5, 5.41) is 39.8. The minimum absolute atomic E-state index is 0.120. The van der Waals surface area contributed by atoms with Crippen molar-refractivity contribution in [3.8, 4) is 0 Å². The molecule has 10 N–H and O–H groups in total. The zero-order valence-corrected chi connectivity index (χ0v) is 18.0. The SMILES string of the molecule is CCCC(=O)NC(C(=O)O)C(O)C(N)=O.NC(CO)C(=O)NC(Cc1ccccc1)C(=O)O. The van der Waals surface area contributed by atoms with Crippen molar-refractivity contribution in [1.82, 2.24) is 10.6 Å². The molecule has 1 rings (SSSR count). The molecular weight excluding hydrogens is 440 g/mol. The Balaban J connectivity index is 0.000000633. The lowest BCUT2D eigenvalue weighted by Gasteiger charge is -2.17. The highest BCUT2D eigenvalue weighted by Gasteiger charge is 2.31. The van der Waals surface area contributed by atoms with Crippen molar-refractivity contribution in [2.45, 2.75) is 50.4 Å². The predicted molar refractivity (Wildman–Crippen MR) is 114 cm³/mol. The van der Waals surface area contributed by atoms with E-state index in [-0.39, 0.29) is 12.8 Å². The van der Waals surface area contributed by atoms with E-state index in [0.717, 1.165) is 5.56 Å². The standard InChI is InChI=1S/C12H16N2O4.C8H14N2O5/c13-9(7-15)11(16)14-10(12(17)18)6-8-4-2-1-3-5-8;1-2-3-4(11)10-5(8(14)15)6(12)7(9)13/h1-5,9-10,15H,6-7,13H2,(H,14,16)(H,17,18);5-6,12H,2-3H2,1H3,(H2,9,13)(H,10,11)(H,14,15). The monoisotopic (exact) mass is 470 g/mol. The van der Waals surface area contributed by atoms with Gasteiger partial charge in [-0.25, -0.2) is 9.59 Å². The predicted octanol–water partition coefficient (Wildman–Crippen LogP) is -2.68. The van der Waals surface area contributed by atoms with E-state index in [2.05, 4.69) is 5.32 Å². The molecule has 1 aromatic carbocycles. The van der Waals surface area contributed by atoms with Gasteiger partial charge in [0.05, 0.1) is 6.61 Å². The number of aliphatic carboxylic acids is 2. The molecule has 0 spiro atoms. The van der Waals surface area contributed by atoms with Gasteiger partial charge in [-0.3, -0.25) is 14.4 Å². The van der Waals surface area contributed by atoms with Gasteiger partial charge in [0, 0.05) is 12.8 Å². The van der Waals surface area contributed by atoms with Gasteiger partial charge in [0.25, 0.3) is 0 Å². The Morgan fingerprint density at radius 3 is 2.00 bits per heavy atom. The van der Waals surface area contributed by atoms with Crippen molar-refractivity contribution >= 4 is 29.7 Å². The van der Waals surface area contributed by atoms with Crippen LogP contribution in [0, 0.1) is 0 Å². The number of primary amides is 1. The van der Waals surface area contributed by atoms with Crippen molar-refractivity contribution in [1.29, 1.82) is 0 Å². The van der Waals surface area contributed by atoms with Gasteiger partial charge in [-0.05, 0) is 12.0 Å². The van der Waals surface area contributed by atoms with Crippen LogP contribution < -0.4 is 22.1 Å². The van der Waals surface area contributed by atoms with Gasteiger partial charge < -0.3 is 42.5 Å². The molecule has 0 aliphatic carbocycles. The smallest absolute Gasteiger partial charge is 0.329 e. The number of carbonyl (C=O) groups is 5. The van der Waals surface area contributed by atoms with Crippen LogP contribution in [0.25, 0.3) is 0 Å². The third-order valence-electron chi connectivity index (χ3n) is 4.10. The second kappa shape index (κ2) is 15.3. The van der Waals surface area contributed by atoms with E-state index >= 15 is 0 Å². The molecule has 0 aromatic heterocycles. The Hall–Kier alpha value is -3.55. The summed E-state index contributed by atoms with van der Waals surface area (Å²) in [5.41, 5.74) is 10.8. The normalized spacial score (nSPS) is 13.8. The molecule has 0 bridgehead atoms. The molecule has 0 saturated heterocycles. The van der Waals surface area contributed by atoms with Crippen LogP contribution in [0.2, 0.25) is 0 Å². The summed E-state index contributed by atoms with van der Waals surface area (Å²) in [7, 11) is 0. The van der Waals surface area contributed by atoms with Crippen LogP contribution in [-0.2, 0) is 30.4 Å². The first-order chi connectivity index (χ1) is 15.4. The molecule has 33 heavy (non-hydrogen) atoms. The number of rotatable bonds is 12. The Bertz CT molecular complexity index is 804. The summed E-state index contributed by atoms with van der Waals surface area (Å²) in [5.74, 6) is -5.08. The van der Waals surface area contributed by atoms with Crippen LogP contribution in [0.4, 0.5) is 0 Å². The highest BCUT2D eigenvalue weighted by Crippen LogP contribution is 2.03. The van der Waals surface area contributed by atoms with Crippen molar-refractivity contribution in [3.05, 3.63) is 35.9 Å². The van der Waals surface area contributed by atoms with E-state index in [1.807, 2.05) is 11.4 Å². The molecule has 1 aromatic rings. The molecule has 4 unspecified atom stereocenters. The van der Waals surface area contributed by atoms with Gasteiger partial charge in [-0.1, -0.05) is 37.3 Å². The van der Waals surface area contributed by atoms with E-state index in [1.54, 1.807) is 31.2 Å². The van der Waals surface area contributed by atoms with E-state index in [1.165, 1.54) is 0 Å². The second-order valence-corrected chi connectivity index (χ2v) is 6.86. The van der Waals surface area contributed by atoms with E-state index in [9.17, 15) is 24.0 Å². The number of nitrogens with one attached hydrogen (secondary N) is 2. The Morgan fingerprint density at radius 1 is 1.00 bits per heavy atom.